The predicted molar refractivity (Wildman–Crippen MR) is 74.7 cm³/mol. The second kappa shape index (κ2) is 6.89. The van der Waals surface area contributed by atoms with E-state index >= 15 is 0 Å². The van der Waals surface area contributed by atoms with Gasteiger partial charge in [-0.1, -0.05) is 26.2 Å². The monoisotopic (exact) mass is 257 g/mol. The highest BCUT2D eigenvalue weighted by atomic mass is 32.2. The Balaban J connectivity index is 1.77. The Bertz CT molecular complexity index is 249. The van der Waals surface area contributed by atoms with Crippen molar-refractivity contribution < 1.29 is 4.21 Å². The van der Waals surface area contributed by atoms with Gasteiger partial charge in [-0.2, -0.15) is 0 Å². The summed E-state index contributed by atoms with van der Waals surface area (Å²) in [4.78, 5) is 0. The van der Waals surface area contributed by atoms with Crippen LogP contribution in [-0.4, -0.2) is 27.8 Å². The zero-order valence-corrected chi connectivity index (χ0v) is 11.9. The Morgan fingerprint density at radius 2 is 1.88 bits per heavy atom. The lowest BCUT2D eigenvalue weighted by molar-refractivity contribution is 0.383. The number of hydrogen-bond acceptors (Lipinski definition) is 2. The largest absolute Gasteiger partial charge is 0.314 e. The van der Waals surface area contributed by atoms with Crippen LogP contribution < -0.4 is 5.32 Å². The number of hydrogen-bond donors (Lipinski definition) is 1. The van der Waals surface area contributed by atoms with Crippen molar-refractivity contribution in [2.75, 3.05) is 12.3 Å². The van der Waals surface area contributed by atoms with Crippen LogP contribution in [0.25, 0.3) is 0 Å². The molecule has 100 valence electrons. The Kier molecular flexibility index (Phi) is 5.49. The van der Waals surface area contributed by atoms with Crippen LogP contribution in [0.1, 0.15) is 58.3 Å². The van der Waals surface area contributed by atoms with Crippen molar-refractivity contribution in [3.05, 3.63) is 0 Å². The van der Waals surface area contributed by atoms with Crippen LogP contribution in [0.5, 0.6) is 0 Å². The molecule has 0 spiro atoms. The molecule has 0 aromatic heterocycles. The summed E-state index contributed by atoms with van der Waals surface area (Å²) in [6.07, 6.45) is 10.3. The lowest BCUT2D eigenvalue weighted by atomic mass is 9.95. The molecular weight excluding hydrogens is 230 g/mol. The van der Waals surface area contributed by atoms with E-state index in [1.165, 1.54) is 44.9 Å². The van der Waals surface area contributed by atoms with Gasteiger partial charge in [0.15, 0.2) is 0 Å². The van der Waals surface area contributed by atoms with Crippen LogP contribution >= 0.6 is 0 Å². The van der Waals surface area contributed by atoms with Crippen LogP contribution in [0, 0.1) is 5.92 Å². The van der Waals surface area contributed by atoms with Crippen LogP contribution in [0.3, 0.4) is 0 Å². The van der Waals surface area contributed by atoms with Gasteiger partial charge in [0, 0.05) is 27.8 Å². The molecule has 3 heteroatoms. The number of nitrogens with one attached hydrogen (secondary N) is 1. The van der Waals surface area contributed by atoms with Gasteiger partial charge in [0.05, 0.1) is 0 Å². The maximum atomic E-state index is 12.4. The summed E-state index contributed by atoms with van der Waals surface area (Å²) in [5.74, 6) is 1.76. The highest BCUT2D eigenvalue weighted by Gasteiger charge is 2.28. The first kappa shape index (κ1) is 13.5. The smallest absolute Gasteiger partial charge is 0.0362 e. The molecule has 0 radical (unpaired) electrons. The minimum Gasteiger partial charge on any atom is -0.314 e. The first-order valence-electron chi connectivity index (χ1n) is 7.40. The van der Waals surface area contributed by atoms with Crippen molar-refractivity contribution in [3.63, 3.8) is 0 Å². The van der Waals surface area contributed by atoms with Gasteiger partial charge < -0.3 is 5.32 Å². The molecule has 2 nitrogen and oxygen atoms in total. The molecule has 2 rings (SSSR count). The molecule has 0 heterocycles. The van der Waals surface area contributed by atoms with Crippen LogP contribution in [0.15, 0.2) is 0 Å². The van der Waals surface area contributed by atoms with E-state index < -0.39 is 10.8 Å². The van der Waals surface area contributed by atoms with Crippen molar-refractivity contribution in [1.82, 2.24) is 5.32 Å². The van der Waals surface area contributed by atoms with Gasteiger partial charge in [0.2, 0.25) is 0 Å². The van der Waals surface area contributed by atoms with E-state index in [2.05, 4.69) is 12.2 Å². The van der Waals surface area contributed by atoms with Crippen LogP contribution in [0.2, 0.25) is 0 Å². The minimum absolute atomic E-state index is 0.480. The van der Waals surface area contributed by atoms with Gasteiger partial charge in [0.25, 0.3) is 0 Å². The third kappa shape index (κ3) is 4.06. The maximum absolute atomic E-state index is 12.4. The Hall–Kier alpha value is 0.110. The van der Waals surface area contributed by atoms with E-state index in [9.17, 15) is 4.21 Å². The molecule has 0 saturated heterocycles. The average Bonchev–Trinajstić information content (AvgIpc) is 2.83. The van der Waals surface area contributed by atoms with E-state index in [0.29, 0.717) is 11.3 Å². The Labute approximate surface area is 108 Å². The SMILES string of the molecule is CCNC1CCCC(S(=O)CC2CCCC2)C1. The van der Waals surface area contributed by atoms with E-state index in [1.54, 1.807) is 0 Å². The summed E-state index contributed by atoms with van der Waals surface area (Å²) in [5, 5.41) is 4.01. The van der Waals surface area contributed by atoms with Crippen LogP contribution in [-0.2, 0) is 10.8 Å². The summed E-state index contributed by atoms with van der Waals surface area (Å²) in [6, 6.07) is 0.631. The van der Waals surface area contributed by atoms with Crippen molar-refractivity contribution >= 4 is 10.8 Å². The molecule has 0 aromatic carbocycles. The zero-order chi connectivity index (χ0) is 12.1. The molecule has 3 unspecified atom stereocenters. The van der Waals surface area contributed by atoms with Gasteiger partial charge in [0.1, 0.15) is 0 Å². The van der Waals surface area contributed by atoms with Crippen molar-refractivity contribution in [3.8, 4) is 0 Å². The normalized spacial score (nSPS) is 32.8. The third-order valence-corrected chi connectivity index (χ3v) is 6.34. The van der Waals surface area contributed by atoms with Crippen molar-refractivity contribution in [2.45, 2.75) is 69.6 Å². The van der Waals surface area contributed by atoms with Gasteiger partial charge in [-0.15, -0.1) is 0 Å². The molecule has 0 aliphatic heterocycles. The minimum atomic E-state index is -0.561. The third-order valence-electron chi connectivity index (χ3n) is 4.37. The van der Waals surface area contributed by atoms with E-state index in [1.807, 2.05) is 0 Å². The number of rotatable bonds is 5. The van der Waals surface area contributed by atoms with Gasteiger partial charge in [-0.25, -0.2) is 0 Å². The Morgan fingerprint density at radius 3 is 2.59 bits per heavy atom. The molecule has 2 aliphatic rings. The Morgan fingerprint density at radius 1 is 1.12 bits per heavy atom. The van der Waals surface area contributed by atoms with Crippen LogP contribution in [0.4, 0.5) is 0 Å². The molecule has 2 saturated carbocycles. The van der Waals surface area contributed by atoms with Crippen molar-refractivity contribution in [1.29, 1.82) is 0 Å². The highest BCUT2D eigenvalue weighted by Crippen LogP contribution is 2.29. The summed E-state index contributed by atoms with van der Waals surface area (Å²) >= 11 is 0. The molecule has 3 atom stereocenters. The predicted octanol–water partition coefficient (Wildman–Crippen LogP) is 2.85. The molecule has 1 N–H and O–H groups in total. The molecule has 17 heavy (non-hydrogen) atoms. The standard InChI is InChI=1S/C14H27NOS/c1-2-15-13-8-5-9-14(10-13)17(16)11-12-6-3-4-7-12/h12-15H,2-11H2,1H3. The fraction of sp³-hybridized carbons (Fsp3) is 1.00. The molecular formula is C14H27NOS. The lowest BCUT2D eigenvalue weighted by Gasteiger charge is -2.29. The maximum Gasteiger partial charge on any atom is 0.0362 e. The van der Waals surface area contributed by atoms with Gasteiger partial charge in [-0.05, 0) is 44.6 Å². The van der Waals surface area contributed by atoms with E-state index in [4.69, 9.17) is 0 Å². The fourth-order valence-corrected chi connectivity index (χ4v) is 5.35. The zero-order valence-electron chi connectivity index (χ0n) is 11.1. The van der Waals surface area contributed by atoms with Gasteiger partial charge >= 0.3 is 0 Å². The summed E-state index contributed by atoms with van der Waals surface area (Å²) < 4.78 is 12.4. The molecule has 0 aromatic rings. The molecule has 2 fully saturated rings. The highest BCUT2D eigenvalue weighted by molar-refractivity contribution is 7.85. The second-order valence-corrected chi connectivity index (χ2v) is 7.50. The molecule has 0 bridgehead atoms. The topological polar surface area (TPSA) is 29.1 Å². The summed E-state index contributed by atoms with van der Waals surface area (Å²) in [6.45, 7) is 3.21. The lowest BCUT2D eigenvalue weighted by Crippen LogP contribution is -2.38. The average molecular weight is 257 g/mol. The van der Waals surface area contributed by atoms with Crippen molar-refractivity contribution in [2.24, 2.45) is 5.92 Å². The summed E-state index contributed by atoms with van der Waals surface area (Å²) in [7, 11) is -0.561. The second-order valence-electron chi connectivity index (χ2n) is 5.74. The van der Waals surface area contributed by atoms with E-state index in [0.717, 1.165) is 24.6 Å². The van der Waals surface area contributed by atoms with Gasteiger partial charge in [-0.3, -0.25) is 4.21 Å². The molecule has 0 amide bonds. The van der Waals surface area contributed by atoms with E-state index in [-0.39, 0.29) is 0 Å². The first-order valence-corrected chi connectivity index (χ1v) is 8.78. The fourth-order valence-electron chi connectivity index (χ4n) is 3.40. The molecule has 2 aliphatic carbocycles. The summed E-state index contributed by atoms with van der Waals surface area (Å²) in [5.41, 5.74) is 0. The quantitative estimate of drug-likeness (QED) is 0.820. The first-order chi connectivity index (χ1) is 8.29.